The van der Waals surface area contributed by atoms with Crippen molar-refractivity contribution < 1.29 is 4.79 Å². The van der Waals surface area contributed by atoms with Gasteiger partial charge in [-0.1, -0.05) is 19.8 Å². The average molecular weight is 224 g/mol. The Morgan fingerprint density at radius 2 is 2.06 bits per heavy atom. The van der Waals surface area contributed by atoms with E-state index >= 15 is 0 Å². The first-order chi connectivity index (χ1) is 7.49. The van der Waals surface area contributed by atoms with E-state index in [0.29, 0.717) is 6.04 Å². The molecule has 3 heteroatoms. The highest BCUT2D eigenvalue weighted by atomic mass is 16.2. The van der Waals surface area contributed by atoms with Crippen LogP contribution in [0.3, 0.4) is 0 Å². The third kappa shape index (κ3) is 2.40. The summed E-state index contributed by atoms with van der Waals surface area (Å²) in [5.41, 5.74) is 5.93. The maximum atomic E-state index is 12.1. The van der Waals surface area contributed by atoms with E-state index in [1.807, 2.05) is 6.92 Å². The largest absolute Gasteiger partial charge is 0.353 e. The molecular formula is C13H24N2O. The summed E-state index contributed by atoms with van der Waals surface area (Å²) < 4.78 is 0. The minimum absolute atomic E-state index is 0.0251. The summed E-state index contributed by atoms with van der Waals surface area (Å²) in [6.45, 7) is 4.26. The summed E-state index contributed by atoms with van der Waals surface area (Å²) in [7, 11) is 0. The standard InChI is InChI=1S/C13H24N2O/c1-9-7-10(8-9)15-12(16)11-5-3-4-6-13(11,2)14/h9-11H,3-8,14H2,1-2H3,(H,15,16). The zero-order valence-corrected chi connectivity index (χ0v) is 10.5. The van der Waals surface area contributed by atoms with E-state index in [1.165, 1.54) is 0 Å². The normalized spacial score (nSPS) is 43.6. The third-order valence-corrected chi connectivity index (χ3v) is 4.29. The lowest BCUT2D eigenvalue weighted by Crippen LogP contribution is -2.55. The molecule has 2 rings (SSSR count). The van der Waals surface area contributed by atoms with Gasteiger partial charge in [0.25, 0.3) is 0 Å². The zero-order chi connectivity index (χ0) is 11.8. The Balaban J connectivity index is 1.88. The Hall–Kier alpha value is -0.570. The molecular weight excluding hydrogens is 200 g/mol. The molecule has 3 nitrogen and oxygen atoms in total. The van der Waals surface area contributed by atoms with Gasteiger partial charge in [-0.15, -0.1) is 0 Å². The van der Waals surface area contributed by atoms with Gasteiger partial charge in [0, 0.05) is 11.6 Å². The monoisotopic (exact) mass is 224 g/mol. The van der Waals surface area contributed by atoms with Crippen molar-refractivity contribution in [1.29, 1.82) is 0 Å². The van der Waals surface area contributed by atoms with Crippen molar-refractivity contribution in [2.24, 2.45) is 17.6 Å². The van der Waals surface area contributed by atoms with Crippen LogP contribution < -0.4 is 11.1 Å². The molecule has 0 bridgehead atoms. The maximum Gasteiger partial charge on any atom is 0.225 e. The van der Waals surface area contributed by atoms with Crippen molar-refractivity contribution >= 4 is 5.91 Å². The molecule has 0 saturated heterocycles. The summed E-state index contributed by atoms with van der Waals surface area (Å²) in [5.74, 6) is 1.000. The van der Waals surface area contributed by atoms with Crippen LogP contribution in [0, 0.1) is 11.8 Å². The zero-order valence-electron chi connectivity index (χ0n) is 10.5. The van der Waals surface area contributed by atoms with E-state index < -0.39 is 0 Å². The molecule has 2 saturated carbocycles. The SMILES string of the molecule is CC1CC(NC(=O)C2CCCCC2(C)N)C1. The highest BCUT2D eigenvalue weighted by Crippen LogP contribution is 2.33. The van der Waals surface area contributed by atoms with Crippen LogP contribution in [0.15, 0.2) is 0 Å². The molecule has 1 amide bonds. The fourth-order valence-corrected chi connectivity index (χ4v) is 3.11. The molecule has 3 N–H and O–H groups in total. The second kappa shape index (κ2) is 4.36. The Labute approximate surface area is 98.2 Å². The molecule has 2 aliphatic rings. The highest BCUT2D eigenvalue weighted by Gasteiger charge is 2.39. The fraction of sp³-hybridized carbons (Fsp3) is 0.923. The molecule has 0 aromatic carbocycles. The molecule has 0 heterocycles. The summed E-state index contributed by atoms with van der Waals surface area (Å²) >= 11 is 0. The number of amides is 1. The molecule has 2 fully saturated rings. The predicted molar refractivity (Wildman–Crippen MR) is 64.9 cm³/mol. The molecule has 0 aromatic rings. The van der Waals surface area contributed by atoms with Gasteiger partial charge in [0.15, 0.2) is 0 Å². The summed E-state index contributed by atoms with van der Waals surface area (Å²) in [5, 5.41) is 3.15. The van der Waals surface area contributed by atoms with Gasteiger partial charge < -0.3 is 11.1 Å². The number of carbonyl (C=O) groups excluding carboxylic acids is 1. The molecule has 0 aromatic heterocycles. The number of carbonyl (C=O) groups is 1. The second-order valence-electron chi connectivity index (χ2n) is 6.09. The van der Waals surface area contributed by atoms with E-state index in [2.05, 4.69) is 12.2 Å². The second-order valence-corrected chi connectivity index (χ2v) is 6.09. The number of nitrogens with one attached hydrogen (secondary N) is 1. The summed E-state index contributed by atoms with van der Waals surface area (Å²) in [6, 6.07) is 0.417. The van der Waals surface area contributed by atoms with Crippen LogP contribution in [-0.2, 0) is 4.79 Å². The van der Waals surface area contributed by atoms with Crippen molar-refractivity contribution in [2.45, 2.75) is 64.0 Å². The molecule has 16 heavy (non-hydrogen) atoms. The van der Waals surface area contributed by atoms with Gasteiger partial charge in [0.2, 0.25) is 5.91 Å². The summed E-state index contributed by atoms with van der Waals surface area (Å²) in [4.78, 5) is 12.1. The van der Waals surface area contributed by atoms with Crippen molar-refractivity contribution in [1.82, 2.24) is 5.32 Å². The third-order valence-electron chi connectivity index (χ3n) is 4.29. The number of hydrogen-bond acceptors (Lipinski definition) is 2. The topological polar surface area (TPSA) is 55.1 Å². The Morgan fingerprint density at radius 3 is 2.62 bits per heavy atom. The first-order valence-corrected chi connectivity index (χ1v) is 6.58. The Bertz CT molecular complexity index is 269. The van der Waals surface area contributed by atoms with Gasteiger partial charge in [-0.3, -0.25) is 4.79 Å². The van der Waals surface area contributed by atoms with Crippen LogP contribution >= 0.6 is 0 Å². The van der Waals surface area contributed by atoms with Crippen LogP contribution in [0.25, 0.3) is 0 Å². The fourth-order valence-electron chi connectivity index (χ4n) is 3.11. The first kappa shape index (κ1) is 11.9. The molecule has 0 aliphatic heterocycles. The van der Waals surface area contributed by atoms with E-state index in [9.17, 15) is 4.79 Å². The lowest BCUT2D eigenvalue weighted by atomic mass is 9.73. The van der Waals surface area contributed by atoms with Crippen molar-refractivity contribution in [3.63, 3.8) is 0 Å². The predicted octanol–water partition coefficient (Wildman–Crippen LogP) is 1.81. The maximum absolute atomic E-state index is 12.1. The van der Waals surface area contributed by atoms with E-state index in [-0.39, 0.29) is 17.4 Å². The van der Waals surface area contributed by atoms with E-state index in [0.717, 1.165) is 44.4 Å². The molecule has 92 valence electrons. The van der Waals surface area contributed by atoms with Gasteiger partial charge in [0.1, 0.15) is 0 Å². The minimum atomic E-state index is -0.294. The lowest BCUT2D eigenvalue weighted by Gasteiger charge is -2.40. The van der Waals surface area contributed by atoms with Crippen molar-refractivity contribution in [3.8, 4) is 0 Å². The average Bonchev–Trinajstić information content (AvgIpc) is 2.14. The van der Waals surface area contributed by atoms with Crippen LogP contribution in [0.1, 0.15) is 52.4 Å². The number of hydrogen-bond donors (Lipinski definition) is 2. The van der Waals surface area contributed by atoms with Gasteiger partial charge in [-0.25, -0.2) is 0 Å². The van der Waals surface area contributed by atoms with Gasteiger partial charge in [0.05, 0.1) is 5.92 Å². The number of nitrogens with two attached hydrogens (primary N) is 1. The van der Waals surface area contributed by atoms with Gasteiger partial charge in [-0.2, -0.15) is 0 Å². The first-order valence-electron chi connectivity index (χ1n) is 6.58. The van der Waals surface area contributed by atoms with Crippen LogP contribution in [0.4, 0.5) is 0 Å². The van der Waals surface area contributed by atoms with Crippen LogP contribution in [-0.4, -0.2) is 17.5 Å². The molecule has 2 unspecified atom stereocenters. The quantitative estimate of drug-likeness (QED) is 0.751. The van der Waals surface area contributed by atoms with E-state index in [1.54, 1.807) is 0 Å². The molecule has 2 atom stereocenters. The Kier molecular flexibility index (Phi) is 3.24. The smallest absolute Gasteiger partial charge is 0.225 e. The minimum Gasteiger partial charge on any atom is -0.353 e. The molecule has 2 aliphatic carbocycles. The van der Waals surface area contributed by atoms with Crippen molar-refractivity contribution in [3.05, 3.63) is 0 Å². The van der Waals surface area contributed by atoms with Crippen LogP contribution in [0.2, 0.25) is 0 Å². The van der Waals surface area contributed by atoms with E-state index in [4.69, 9.17) is 5.73 Å². The molecule has 0 radical (unpaired) electrons. The number of rotatable bonds is 2. The van der Waals surface area contributed by atoms with Crippen molar-refractivity contribution in [2.75, 3.05) is 0 Å². The highest BCUT2D eigenvalue weighted by molar-refractivity contribution is 5.80. The van der Waals surface area contributed by atoms with Gasteiger partial charge in [-0.05, 0) is 38.5 Å². The van der Waals surface area contributed by atoms with Gasteiger partial charge >= 0.3 is 0 Å². The summed E-state index contributed by atoms with van der Waals surface area (Å²) in [6.07, 6.45) is 6.52. The Morgan fingerprint density at radius 1 is 1.38 bits per heavy atom. The van der Waals surface area contributed by atoms with Crippen LogP contribution in [0.5, 0.6) is 0 Å². The lowest BCUT2D eigenvalue weighted by molar-refractivity contribution is -0.129. The molecule has 0 spiro atoms.